The molecule has 164 valence electrons. The Morgan fingerprint density at radius 3 is 2.33 bits per heavy atom. The highest BCUT2D eigenvalue weighted by Gasteiger charge is 2.24. The number of aryl methyl sites for hydroxylation is 1. The highest BCUT2D eigenvalue weighted by Crippen LogP contribution is 2.36. The monoisotopic (exact) mass is 454 g/mol. The molecular formula is C26H22N4O2S. The van der Waals surface area contributed by atoms with E-state index in [-0.39, 0.29) is 5.91 Å². The molecule has 1 atom stereocenters. The summed E-state index contributed by atoms with van der Waals surface area (Å²) in [5, 5.41) is 16.7. The molecule has 0 radical (unpaired) electrons. The summed E-state index contributed by atoms with van der Waals surface area (Å²) in [5.74, 6) is 0.767. The fraction of sp³-hybridized carbons (Fsp3) is 0.154. The molecule has 33 heavy (non-hydrogen) atoms. The lowest BCUT2D eigenvalue weighted by Crippen LogP contribution is -2.25. The molecule has 6 nitrogen and oxygen atoms in total. The molecule has 0 spiro atoms. The predicted molar refractivity (Wildman–Crippen MR) is 130 cm³/mol. The van der Waals surface area contributed by atoms with Crippen LogP contribution in [-0.4, -0.2) is 21.3 Å². The largest absolute Gasteiger partial charge is 0.360 e. The van der Waals surface area contributed by atoms with Crippen LogP contribution in [0.2, 0.25) is 0 Å². The van der Waals surface area contributed by atoms with Crippen LogP contribution in [0.5, 0.6) is 0 Å². The third-order valence-corrected chi connectivity index (χ3v) is 6.40. The molecule has 0 aliphatic rings. The van der Waals surface area contributed by atoms with Gasteiger partial charge in [0.1, 0.15) is 16.9 Å². The van der Waals surface area contributed by atoms with Crippen molar-refractivity contribution in [2.45, 2.75) is 30.5 Å². The number of hydrogen-bond acceptors (Lipinski definition) is 6. The van der Waals surface area contributed by atoms with E-state index in [1.807, 2.05) is 73.7 Å². The number of aromatic nitrogens is 2. The summed E-state index contributed by atoms with van der Waals surface area (Å²) >= 11 is 1.29. The molecule has 0 aliphatic heterocycles. The molecule has 2 aromatic heterocycles. The van der Waals surface area contributed by atoms with E-state index in [2.05, 4.69) is 16.5 Å². The number of amides is 1. The summed E-state index contributed by atoms with van der Waals surface area (Å²) in [6.45, 7) is 3.69. The molecule has 1 unspecified atom stereocenters. The van der Waals surface area contributed by atoms with Gasteiger partial charge in [0.05, 0.1) is 16.5 Å². The minimum atomic E-state index is -0.462. The highest BCUT2D eigenvalue weighted by atomic mass is 32.2. The van der Waals surface area contributed by atoms with E-state index in [1.165, 1.54) is 11.8 Å². The van der Waals surface area contributed by atoms with E-state index in [4.69, 9.17) is 9.51 Å². The number of nitrogens with one attached hydrogen (secondary N) is 1. The standard InChI is InChI=1S/C26H22N4O2S/c1-3-23(25(31)29-24-14-17(2)32-30-24)33-26-21(16-27)20(18-10-6-4-7-11-18)15-22(28-26)19-12-8-5-9-13-19/h4-15,23H,3H2,1-2H3,(H,29,30,31). The first-order valence-corrected chi connectivity index (χ1v) is 11.4. The van der Waals surface area contributed by atoms with Gasteiger partial charge in [0.25, 0.3) is 0 Å². The second-order valence-corrected chi connectivity index (χ2v) is 8.60. The Morgan fingerprint density at radius 1 is 1.09 bits per heavy atom. The van der Waals surface area contributed by atoms with Gasteiger partial charge in [-0.05, 0) is 25.0 Å². The molecule has 0 fully saturated rings. The van der Waals surface area contributed by atoms with Crippen LogP contribution in [0.25, 0.3) is 22.4 Å². The average Bonchev–Trinajstić information content (AvgIpc) is 3.27. The van der Waals surface area contributed by atoms with Crippen molar-refractivity contribution in [3.05, 3.63) is 84.1 Å². The van der Waals surface area contributed by atoms with Gasteiger partial charge in [-0.2, -0.15) is 5.26 Å². The molecule has 0 aliphatic carbocycles. The molecule has 0 bridgehead atoms. The molecule has 0 saturated heterocycles. The van der Waals surface area contributed by atoms with E-state index in [9.17, 15) is 10.1 Å². The summed E-state index contributed by atoms with van der Waals surface area (Å²) < 4.78 is 5.04. The Bertz CT molecular complexity index is 1300. The van der Waals surface area contributed by atoms with Gasteiger partial charge in [-0.15, -0.1) is 0 Å². The first-order valence-electron chi connectivity index (χ1n) is 10.6. The number of carbonyl (C=O) groups excluding carboxylic acids is 1. The van der Waals surface area contributed by atoms with Gasteiger partial charge in [0.2, 0.25) is 5.91 Å². The number of nitriles is 1. The summed E-state index contributed by atoms with van der Waals surface area (Å²) in [5.41, 5.74) is 3.85. The summed E-state index contributed by atoms with van der Waals surface area (Å²) in [7, 11) is 0. The SMILES string of the molecule is CCC(Sc1nc(-c2ccccc2)cc(-c2ccccc2)c1C#N)C(=O)Nc1cc(C)on1. The zero-order chi connectivity index (χ0) is 23.2. The van der Waals surface area contributed by atoms with E-state index in [0.717, 1.165) is 22.4 Å². The van der Waals surface area contributed by atoms with Crippen LogP contribution in [-0.2, 0) is 4.79 Å². The summed E-state index contributed by atoms with van der Waals surface area (Å²) in [4.78, 5) is 17.8. The molecule has 7 heteroatoms. The minimum Gasteiger partial charge on any atom is -0.360 e. The lowest BCUT2D eigenvalue weighted by atomic mass is 9.99. The van der Waals surface area contributed by atoms with Gasteiger partial charge in [-0.25, -0.2) is 4.98 Å². The maximum Gasteiger partial charge on any atom is 0.239 e. The zero-order valence-electron chi connectivity index (χ0n) is 18.3. The fourth-order valence-corrected chi connectivity index (χ4v) is 4.43. The maximum atomic E-state index is 12.9. The molecule has 4 rings (SSSR count). The molecule has 4 aromatic rings. The van der Waals surface area contributed by atoms with E-state index < -0.39 is 5.25 Å². The minimum absolute atomic E-state index is 0.215. The maximum absolute atomic E-state index is 12.9. The molecule has 2 heterocycles. The Labute approximate surface area is 196 Å². The van der Waals surface area contributed by atoms with Gasteiger partial charge >= 0.3 is 0 Å². The van der Waals surface area contributed by atoms with Crippen molar-refractivity contribution in [3.63, 3.8) is 0 Å². The molecule has 1 N–H and O–H groups in total. The number of anilines is 1. The second kappa shape index (κ2) is 10.2. The van der Waals surface area contributed by atoms with Crippen LogP contribution in [0.1, 0.15) is 24.7 Å². The first kappa shape index (κ1) is 22.3. The number of nitrogens with zero attached hydrogens (tertiary/aromatic N) is 3. The molecular weight excluding hydrogens is 432 g/mol. The van der Waals surface area contributed by atoms with Crippen molar-refractivity contribution in [1.82, 2.24) is 10.1 Å². The van der Waals surface area contributed by atoms with Gasteiger partial charge in [0.15, 0.2) is 5.82 Å². The van der Waals surface area contributed by atoms with Crippen LogP contribution in [0.15, 0.2) is 82.3 Å². The second-order valence-electron chi connectivity index (χ2n) is 7.41. The number of benzene rings is 2. The van der Waals surface area contributed by atoms with Crippen molar-refractivity contribution < 1.29 is 9.32 Å². The normalized spacial score (nSPS) is 11.5. The van der Waals surface area contributed by atoms with Gasteiger partial charge in [-0.3, -0.25) is 4.79 Å². The van der Waals surface area contributed by atoms with Gasteiger partial charge < -0.3 is 9.84 Å². The highest BCUT2D eigenvalue weighted by molar-refractivity contribution is 8.00. The van der Waals surface area contributed by atoms with Crippen molar-refractivity contribution in [2.24, 2.45) is 0 Å². The zero-order valence-corrected chi connectivity index (χ0v) is 19.1. The Balaban J connectivity index is 1.75. The smallest absolute Gasteiger partial charge is 0.239 e. The van der Waals surface area contributed by atoms with Crippen molar-refractivity contribution >= 4 is 23.5 Å². The first-order chi connectivity index (χ1) is 16.1. The number of rotatable bonds is 7. The fourth-order valence-electron chi connectivity index (χ4n) is 3.41. The van der Waals surface area contributed by atoms with Crippen LogP contribution < -0.4 is 5.32 Å². The summed E-state index contributed by atoms with van der Waals surface area (Å²) in [6.07, 6.45) is 0.552. The number of thioether (sulfide) groups is 1. The summed E-state index contributed by atoms with van der Waals surface area (Å²) in [6, 6.07) is 25.5. The van der Waals surface area contributed by atoms with Crippen LogP contribution in [0.3, 0.4) is 0 Å². The third kappa shape index (κ3) is 5.13. The Hall–Kier alpha value is -3.89. The topological polar surface area (TPSA) is 91.8 Å². The van der Waals surface area contributed by atoms with E-state index >= 15 is 0 Å². The molecule has 0 saturated carbocycles. The Kier molecular flexibility index (Phi) is 6.86. The van der Waals surface area contributed by atoms with Crippen LogP contribution in [0, 0.1) is 18.3 Å². The van der Waals surface area contributed by atoms with Crippen molar-refractivity contribution in [1.29, 1.82) is 5.26 Å². The average molecular weight is 455 g/mol. The van der Waals surface area contributed by atoms with Crippen molar-refractivity contribution in [3.8, 4) is 28.5 Å². The van der Waals surface area contributed by atoms with E-state index in [0.29, 0.717) is 28.6 Å². The Morgan fingerprint density at radius 2 is 1.76 bits per heavy atom. The lowest BCUT2D eigenvalue weighted by molar-refractivity contribution is -0.115. The van der Waals surface area contributed by atoms with Crippen LogP contribution in [0.4, 0.5) is 5.82 Å². The number of carbonyl (C=O) groups is 1. The third-order valence-electron chi connectivity index (χ3n) is 5.05. The lowest BCUT2D eigenvalue weighted by Gasteiger charge is -2.17. The quantitative estimate of drug-likeness (QED) is 0.340. The number of hydrogen-bond donors (Lipinski definition) is 1. The molecule has 2 aromatic carbocycles. The van der Waals surface area contributed by atoms with Gasteiger partial charge in [-0.1, -0.05) is 84.5 Å². The van der Waals surface area contributed by atoms with E-state index in [1.54, 1.807) is 13.0 Å². The van der Waals surface area contributed by atoms with Crippen molar-refractivity contribution in [2.75, 3.05) is 5.32 Å². The predicted octanol–water partition coefficient (Wildman–Crippen LogP) is 6.09. The van der Waals surface area contributed by atoms with Gasteiger partial charge in [0, 0.05) is 17.2 Å². The molecule has 1 amide bonds. The van der Waals surface area contributed by atoms with Crippen LogP contribution >= 0.6 is 11.8 Å². The number of pyridine rings is 1.